The van der Waals surface area contributed by atoms with Crippen molar-refractivity contribution < 1.29 is 9.59 Å². The molecular weight excluding hydrogens is 479 g/mol. The fourth-order valence-electron chi connectivity index (χ4n) is 3.69. The quantitative estimate of drug-likeness (QED) is 0.383. The average molecular weight is 499 g/mol. The van der Waals surface area contributed by atoms with Crippen molar-refractivity contribution in [3.63, 3.8) is 0 Å². The lowest BCUT2D eigenvalue weighted by atomic mass is 10.0. The number of nitrogens with zero attached hydrogens (tertiary/aromatic N) is 4. The molecule has 1 atom stereocenters. The van der Waals surface area contributed by atoms with E-state index in [1.54, 1.807) is 20.0 Å². The zero-order valence-corrected chi connectivity index (χ0v) is 19.8. The first-order chi connectivity index (χ1) is 16.2. The number of amides is 2. The summed E-state index contributed by atoms with van der Waals surface area (Å²) in [6, 6.07) is 4.51. The maximum atomic E-state index is 12.9. The molecule has 3 aromatic rings. The van der Waals surface area contributed by atoms with E-state index in [4.69, 9.17) is 33.9 Å². The number of nitrogens with one attached hydrogen (secondary N) is 4. The van der Waals surface area contributed by atoms with Crippen molar-refractivity contribution in [2.75, 3.05) is 25.5 Å². The molecule has 0 spiro atoms. The molecule has 10 nitrogen and oxygen atoms in total. The van der Waals surface area contributed by atoms with Crippen LogP contribution in [0.2, 0.25) is 10.0 Å². The number of carbonyl (C=O) groups is 2. The number of hydrogen-bond donors (Lipinski definition) is 4. The molecule has 1 saturated heterocycles. The number of likely N-dealkylation sites (tertiary alicyclic amines) is 1. The molecule has 4 rings (SSSR count). The van der Waals surface area contributed by atoms with Gasteiger partial charge in [0.2, 0.25) is 5.91 Å². The Labute approximate surface area is 204 Å². The van der Waals surface area contributed by atoms with Crippen molar-refractivity contribution in [1.82, 2.24) is 25.2 Å². The van der Waals surface area contributed by atoms with Crippen LogP contribution in [0.1, 0.15) is 28.5 Å². The van der Waals surface area contributed by atoms with Crippen LogP contribution in [0.5, 0.6) is 0 Å². The predicted octanol–water partition coefficient (Wildman–Crippen LogP) is 2.82. The molecule has 0 saturated carbocycles. The van der Waals surface area contributed by atoms with E-state index in [1.807, 2.05) is 0 Å². The number of carbonyl (C=O) groups excluding carboxylic acids is 2. The topological polar surface area (TPSA) is 151 Å². The van der Waals surface area contributed by atoms with Crippen molar-refractivity contribution in [2.45, 2.75) is 13.0 Å². The van der Waals surface area contributed by atoms with Gasteiger partial charge in [-0.25, -0.2) is 9.97 Å². The van der Waals surface area contributed by atoms with Crippen LogP contribution in [0.15, 0.2) is 24.5 Å². The van der Waals surface area contributed by atoms with Gasteiger partial charge in [0.25, 0.3) is 5.91 Å². The fraction of sp³-hybridized carbons (Fsp3) is 0.273. The molecule has 34 heavy (non-hydrogen) atoms. The molecule has 0 radical (unpaired) electrons. The minimum Gasteiger partial charge on any atom is -0.387 e. The van der Waals surface area contributed by atoms with E-state index in [0.717, 1.165) is 0 Å². The first-order valence-electron chi connectivity index (χ1n) is 10.3. The van der Waals surface area contributed by atoms with Crippen molar-refractivity contribution in [3.05, 3.63) is 51.4 Å². The standard InChI is InChI=1S/C22H20Cl2N8O2/c1-10(22(34)32-8-11(5-25)9-32)30-21(33)13-6-28-20-19(13)31-16(7-29-20)18(26)17-14(24)3-12(23)4-15(17)27-2/h3-4,6-7,10-11,26-27H,8-9H2,1-2H3,(H,28,29)(H,30,33)/t10-/m1/s1. The van der Waals surface area contributed by atoms with Crippen LogP contribution in [-0.4, -0.2) is 63.6 Å². The van der Waals surface area contributed by atoms with Gasteiger partial charge in [0.05, 0.1) is 34.5 Å². The van der Waals surface area contributed by atoms with Crippen LogP contribution in [-0.2, 0) is 4.79 Å². The summed E-state index contributed by atoms with van der Waals surface area (Å²) in [5, 5.41) is 23.9. The Hall–Kier alpha value is -3.68. The molecule has 3 heterocycles. The van der Waals surface area contributed by atoms with Crippen LogP contribution < -0.4 is 10.6 Å². The molecule has 1 fully saturated rings. The molecule has 0 bridgehead atoms. The third-order valence-electron chi connectivity index (χ3n) is 5.55. The van der Waals surface area contributed by atoms with E-state index < -0.39 is 11.9 Å². The van der Waals surface area contributed by atoms with Crippen molar-refractivity contribution in [1.29, 1.82) is 10.7 Å². The van der Waals surface area contributed by atoms with Crippen LogP contribution >= 0.6 is 23.2 Å². The van der Waals surface area contributed by atoms with Crippen LogP contribution in [0.25, 0.3) is 11.2 Å². The highest BCUT2D eigenvalue weighted by Crippen LogP contribution is 2.31. The normalized spacial score (nSPS) is 14.3. The Morgan fingerprint density at radius 2 is 2.09 bits per heavy atom. The molecule has 4 N–H and O–H groups in total. The summed E-state index contributed by atoms with van der Waals surface area (Å²) in [6.07, 6.45) is 2.86. The third kappa shape index (κ3) is 4.27. The Morgan fingerprint density at radius 1 is 1.35 bits per heavy atom. The molecule has 12 heteroatoms. The number of nitriles is 1. The van der Waals surface area contributed by atoms with Crippen molar-refractivity contribution in [3.8, 4) is 6.07 Å². The second kappa shape index (κ2) is 9.29. The first kappa shape index (κ1) is 23.5. The second-order valence-electron chi connectivity index (χ2n) is 7.85. The van der Waals surface area contributed by atoms with E-state index in [9.17, 15) is 9.59 Å². The lowest BCUT2D eigenvalue weighted by Crippen LogP contribution is -2.55. The maximum Gasteiger partial charge on any atom is 0.255 e. The second-order valence-corrected chi connectivity index (χ2v) is 8.70. The van der Waals surface area contributed by atoms with Gasteiger partial charge in [-0.15, -0.1) is 0 Å². The number of aromatic amines is 1. The van der Waals surface area contributed by atoms with E-state index in [1.165, 1.54) is 23.4 Å². The average Bonchev–Trinajstić information content (AvgIpc) is 3.20. The lowest BCUT2D eigenvalue weighted by Gasteiger charge is -2.37. The molecule has 1 aliphatic rings. The molecule has 1 aliphatic heterocycles. The Kier molecular flexibility index (Phi) is 6.41. The highest BCUT2D eigenvalue weighted by molar-refractivity contribution is 6.38. The lowest BCUT2D eigenvalue weighted by molar-refractivity contribution is -0.137. The van der Waals surface area contributed by atoms with E-state index >= 15 is 0 Å². The van der Waals surface area contributed by atoms with Crippen molar-refractivity contribution in [2.24, 2.45) is 5.92 Å². The van der Waals surface area contributed by atoms with Gasteiger partial charge in [0.1, 0.15) is 17.3 Å². The van der Waals surface area contributed by atoms with Gasteiger partial charge in [-0.1, -0.05) is 23.2 Å². The highest BCUT2D eigenvalue weighted by atomic mass is 35.5. The summed E-state index contributed by atoms with van der Waals surface area (Å²) in [5.41, 5.74) is 1.95. The monoisotopic (exact) mass is 498 g/mol. The summed E-state index contributed by atoms with van der Waals surface area (Å²) in [6.45, 7) is 2.31. The van der Waals surface area contributed by atoms with Gasteiger partial charge in [0, 0.05) is 42.6 Å². The largest absolute Gasteiger partial charge is 0.387 e. The summed E-state index contributed by atoms with van der Waals surface area (Å²) in [4.78, 5) is 38.6. The van der Waals surface area contributed by atoms with E-state index in [2.05, 4.69) is 31.7 Å². The van der Waals surface area contributed by atoms with Crippen LogP contribution in [0.4, 0.5) is 5.69 Å². The number of benzene rings is 1. The SMILES string of the molecule is CNc1cc(Cl)cc(Cl)c1C(=N)c1cnc2[nH]cc(C(=O)N[C@H](C)C(=O)N3CC(C#N)C3)c2n1. The van der Waals surface area contributed by atoms with Gasteiger partial charge in [0.15, 0.2) is 5.65 Å². The molecular formula is C22H20Cl2N8O2. The smallest absolute Gasteiger partial charge is 0.255 e. The molecule has 1 aromatic carbocycles. The molecule has 2 amide bonds. The summed E-state index contributed by atoms with van der Waals surface area (Å²) >= 11 is 12.4. The van der Waals surface area contributed by atoms with Crippen molar-refractivity contribution >= 4 is 57.6 Å². The number of halogens is 2. The zero-order valence-electron chi connectivity index (χ0n) is 18.2. The summed E-state index contributed by atoms with van der Waals surface area (Å²) < 4.78 is 0. The molecule has 0 unspecified atom stereocenters. The number of hydrogen-bond acceptors (Lipinski definition) is 7. The summed E-state index contributed by atoms with van der Waals surface area (Å²) in [7, 11) is 1.69. The molecule has 174 valence electrons. The van der Waals surface area contributed by atoms with Gasteiger partial charge >= 0.3 is 0 Å². The van der Waals surface area contributed by atoms with Gasteiger partial charge in [-0.05, 0) is 19.1 Å². The van der Waals surface area contributed by atoms with E-state index in [0.29, 0.717) is 35.0 Å². The third-order valence-corrected chi connectivity index (χ3v) is 6.07. The minimum absolute atomic E-state index is 0.00125. The summed E-state index contributed by atoms with van der Waals surface area (Å²) in [5.74, 6) is -0.935. The van der Waals surface area contributed by atoms with E-state index in [-0.39, 0.29) is 39.3 Å². The van der Waals surface area contributed by atoms with Gasteiger partial charge in [-0.2, -0.15) is 5.26 Å². The Bertz CT molecular complexity index is 1360. The number of rotatable bonds is 6. The van der Waals surface area contributed by atoms with Gasteiger partial charge in [-0.3, -0.25) is 15.0 Å². The predicted molar refractivity (Wildman–Crippen MR) is 128 cm³/mol. The Morgan fingerprint density at radius 3 is 2.76 bits per heavy atom. The number of anilines is 1. The van der Waals surface area contributed by atoms with Crippen LogP contribution in [0, 0.1) is 22.7 Å². The zero-order chi connectivity index (χ0) is 24.6. The number of aromatic nitrogens is 3. The minimum atomic E-state index is -0.780. The van der Waals surface area contributed by atoms with Crippen LogP contribution in [0.3, 0.4) is 0 Å². The number of fused-ring (bicyclic) bond motifs is 1. The molecule has 2 aromatic heterocycles. The first-order valence-corrected chi connectivity index (χ1v) is 11.1. The Balaban J connectivity index is 1.58. The maximum absolute atomic E-state index is 12.9. The fourth-order valence-corrected chi connectivity index (χ4v) is 4.28. The number of H-pyrrole nitrogens is 1. The molecule has 0 aliphatic carbocycles. The highest BCUT2D eigenvalue weighted by Gasteiger charge is 2.33. The van der Waals surface area contributed by atoms with Gasteiger partial charge < -0.3 is 20.5 Å².